The molecule has 0 atom stereocenters. The minimum atomic E-state index is -0.539. The Hall–Kier alpha value is -3.45. The van der Waals surface area contributed by atoms with Crippen LogP contribution in [0.1, 0.15) is 36.0 Å². The highest BCUT2D eigenvalue weighted by Crippen LogP contribution is 2.15. The molecule has 3 aromatic rings. The molecule has 0 fully saturated rings. The lowest BCUT2D eigenvalue weighted by molar-refractivity contribution is 0.0472. The Balaban J connectivity index is 1.58. The van der Waals surface area contributed by atoms with Crippen molar-refractivity contribution in [1.82, 2.24) is 0 Å². The van der Waals surface area contributed by atoms with Crippen LogP contribution in [0.25, 0.3) is 0 Å². The number of hydrogen-bond acceptors (Lipinski definition) is 5. The minimum Gasteiger partial charge on any atom is -0.457 e. The van der Waals surface area contributed by atoms with Crippen LogP contribution in [-0.4, -0.2) is 17.8 Å². The van der Waals surface area contributed by atoms with Gasteiger partial charge in [0.2, 0.25) is 5.91 Å². The van der Waals surface area contributed by atoms with E-state index in [1.807, 2.05) is 5.38 Å². The van der Waals surface area contributed by atoms with Gasteiger partial charge in [-0.25, -0.2) is 4.79 Å². The van der Waals surface area contributed by atoms with Crippen molar-refractivity contribution in [2.75, 3.05) is 5.32 Å². The van der Waals surface area contributed by atoms with E-state index in [1.165, 1.54) is 11.3 Å². The Morgan fingerprint density at radius 3 is 2.41 bits per heavy atom. The first-order valence-electron chi connectivity index (χ1n) is 8.04. The molecule has 0 saturated heterocycles. The number of hydrogen-bond donors (Lipinski definition) is 2. The van der Waals surface area contributed by atoms with E-state index in [1.54, 1.807) is 60.7 Å². The van der Waals surface area contributed by atoms with Gasteiger partial charge in [0, 0.05) is 11.3 Å². The molecule has 7 heteroatoms. The third-order valence-corrected chi connectivity index (χ3v) is 4.57. The van der Waals surface area contributed by atoms with Crippen LogP contribution in [0.15, 0.2) is 66.0 Å². The second kappa shape index (κ2) is 8.29. The number of esters is 1. The van der Waals surface area contributed by atoms with Crippen LogP contribution in [0.2, 0.25) is 0 Å². The molecule has 0 spiro atoms. The number of thiophene rings is 1. The lowest BCUT2D eigenvalue weighted by Gasteiger charge is -2.07. The minimum absolute atomic E-state index is 0.0246. The van der Waals surface area contributed by atoms with Crippen molar-refractivity contribution in [2.24, 2.45) is 5.73 Å². The van der Waals surface area contributed by atoms with Crippen LogP contribution >= 0.6 is 11.3 Å². The first-order chi connectivity index (χ1) is 13.0. The number of carbonyl (C=O) groups is 3. The third-order valence-electron chi connectivity index (χ3n) is 3.70. The van der Waals surface area contributed by atoms with Crippen LogP contribution < -0.4 is 11.1 Å². The summed E-state index contributed by atoms with van der Waals surface area (Å²) in [5, 5.41) is 4.59. The van der Waals surface area contributed by atoms with E-state index in [-0.39, 0.29) is 12.5 Å². The lowest BCUT2D eigenvalue weighted by atomic mass is 10.1. The standard InChI is InChI=1S/C20H16N2O4S/c21-18(23)15-4-1-3-13(11-15)12-26-20(25)14-6-8-16(9-7-14)22-19(24)17-5-2-10-27-17/h1-11H,12H2,(H2,21,23)(H,22,24). The monoisotopic (exact) mass is 380 g/mol. The number of nitrogens with one attached hydrogen (secondary N) is 1. The molecule has 2 aromatic carbocycles. The highest BCUT2D eigenvalue weighted by atomic mass is 32.1. The van der Waals surface area contributed by atoms with Gasteiger partial charge in [0.1, 0.15) is 6.61 Å². The number of ether oxygens (including phenoxy) is 1. The van der Waals surface area contributed by atoms with Gasteiger partial charge in [0.25, 0.3) is 5.91 Å². The van der Waals surface area contributed by atoms with E-state index in [0.29, 0.717) is 27.3 Å². The number of carbonyl (C=O) groups excluding carboxylic acids is 3. The highest BCUT2D eigenvalue weighted by molar-refractivity contribution is 7.12. The molecule has 0 aliphatic carbocycles. The molecule has 6 nitrogen and oxygen atoms in total. The molecule has 136 valence electrons. The predicted octanol–water partition coefficient (Wildman–Crippen LogP) is 3.46. The first kappa shape index (κ1) is 18.3. The maximum Gasteiger partial charge on any atom is 0.338 e. The van der Waals surface area contributed by atoms with Crippen molar-refractivity contribution in [2.45, 2.75) is 6.61 Å². The van der Waals surface area contributed by atoms with E-state index in [2.05, 4.69) is 5.32 Å². The molecular formula is C20H16N2O4S. The molecular weight excluding hydrogens is 364 g/mol. The second-order valence-corrected chi connectivity index (χ2v) is 6.60. The Labute approximate surface area is 159 Å². The van der Waals surface area contributed by atoms with Crippen molar-refractivity contribution in [3.05, 3.63) is 87.6 Å². The molecule has 0 saturated carbocycles. The summed E-state index contributed by atoms with van der Waals surface area (Å²) in [6.45, 7) is 0.0246. The average molecular weight is 380 g/mol. The molecule has 27 heavy (non-hydrogen) atoms. The maximum absolute atomic E-state index is 12.2. The van der Waals surface area contributed by atoms with Gasteiger partial charge < -0.3 is 15.8 Å². The molecule has 3 N–H and O–H groups in total. The fourth-order valence-electron chi connectivity index (χ4n) is 2.34. The summed E-state index contributed by atoms with van der Waals surface area (Å²) in [5.74, 6) is -1.24. The molecule has 0 radical (unpaired) electrons. The Kier molecular flexibility index (Phi) is 5.63. The van der Waals surface area contributed by atoms with E-state index >= 15 is 0 Å². The van der Waals surface area contributed by atoms with E-state index in [0.717, 1.165) is 0 Å². The normalized spacial score (nSPS) is 10.2. The van der Waals surface area contributed by atoms with Crippen molar-refractivity contribution in [3.63, 3.8) is 0 Å². The van der Waals surface area contributed by atoms with E-state index < -0.39 is 11.9 Å². The molecule has 1 aromatic heterocycles. The zero-order chi connectivity index (χ0) is 19.2. The Bertz CT molecular complexity index is 966. The van der Waals surface area contributed by atoms with E-state index in [9.17, 15) is 14.4 Å². The fourth-order valence-corrected chi connectivity index (χ4v) is 2.96. The summed E-state index contributed by atoms with van der Waals surface area (Å²) in [7, 11) is 0. The number of benzene rings is 2. The smallest absolute Gasteiger partial charge is 0.338 e. The zero-order valence-corrected chi connectivity index (χ0v) is 15.0. The quantitative estimate of drug-likeness (QED) is 0.640. The number of nitrogens with two attached hydrogens (primary N) is 1. The topological polar surface area (TPSA) is 98.5 Å². The van der Waals surface area contributed by atoms with Gasteiger partial charge in [-0.1, -0.05) is 18.2 Å². The summed E-state index contributed by atoms with van der Waals surface area (Å²) in [6.07, 6.45) is 0. The Morgan fingerprint density at radius 2 is 1.74 bits per heavy atom. The van der Waals surface area contributed by atoms with Gasteiger partial charge in [-0.15, -0.1) is 11.3 Å². The summed E-state index contributed by atoms with van der Waals surface area (Å²) in [4.78, 5) is 36.0. The fraction of sp³-hybridized carbons (Fsp3) is 0.0500. The molecule has 0 aliphatic heterocycles. The van der Waals surface area contributed by atoms with Gasteiger partial charge in [-0.2, -0.15) is 0 Å². The summed E-state index contributed by atoms with van der Waals surface area (Å²) >= 11 is 1.35. The number of primary amides is 1. The number of anilines is 1. The molecule has 1 heterocycles. The van der Waals surface area contributed by atoms with Crippen LogP contribution in [0.3, 0.4) is 0 Å². The van der Waals surface area contributed by atoms with E-state index in [4.69, 9.17) is 10.5 Å². The molecule has 3 rings (SSSR count). The van der Waals surface area contributed by atoms with Crippen molar-refractivity contribution >= 4 is 34.8 Å². The summed E-state index contributed by atoms with van der Waals surface area (Å²) in [5.41, 5.74) is 7.19. The van der Waals surface area contributed by atoms with Gasteiger partial charge >= 0.3 is 5.97 Å². The van der Waals surface area contributed by atoms with Crippen molar-refractivity contribution < 1.29 is 19.1 Å². The molecule has 0 unspecified atom stereocenters. The highest BCUT2D eigenvalue weighted by Gasteiger charge is 2.10. The van der Waals surface area contributed by atoms with Crippen LogP contribution in [0.4, 0.5) is 5.69 Å². The third kappa shape index (κ3) is 4.80. The predicted molar refractivity (Wildman–Crippen MR) is 103 cm³/mol. The first-order valence-corrected chi connectivity index (χ1v) is 8.91. The maximum atomic E-state index is 12.2. The number of amides is 2. The van der Waals surface area contributed by atoms with Gasteiger partial charge in [-0.05, 0) is 53.4 Å². The van der Waals surface area contributed by atoms with Gasteiger partial charge in [0.05, 0.1) is 10.4 Å². The van der Waals surface area contributed by atoms with Gasteiger partial charge in [0.15, 0.2) is 0 Å². The lowest BCUT2D eigenvalue weighted by Crippen LogP contribution is -2.12. The second-order valence-electron chi connectivity index (χ2n) is 5.65. The largest absolute Gasteiger partial charge is 0.457 e. The van der Waals surface area contributed by atoms with Gasteiger partial charge in [-0.3, -0.25) is 9.59 Å². The Morgan fingerprint density at radius 1 is 0.963 bits per heavy atom. The zero-order valence-electron chi connectivity index (χ0n) is 14.2. The van der Waals surface area contributed by atoms with Crippen LogP contribution in [0.5, 0.6) is 0 Å². The van der Waals surface area contributed by atoms with Crippen LogP contribution in [-0.2, 0) is 11.3 Å². The molecule has 0 aliphatic rings. The summed E-state index contributed by atoms with van der Waals surface area (Å²) < 4.78 is 5.25. The SMILES string of the molecule is NC(=O)c1cccc(COC(=O)c2ccc(NC(=O)c3cccs3)cc2)c1. The molecule has 0 bridgehead atoms. The number of rotatable bonds is 6. The average Bonchev–Trinajstić information content (AvgIpc) is 3.22. The molecule has 2 amide bonds. The van der Waals surface area contributed by atoms with Crippen LogP contribution in [0, 0.1) is 0 Å². The summed E-state index contributed by atoms with van der Waals surface area (Å²) in [6, 6.07) is 16.5. The van der Waals surface area contributed by atoms with Crippen molar-refractivity contribution in [1.29, 1.82) is 0 Å². The van der Waals surface area contributed by atoms with Crippen molar-refractivity contribution in [3.8, 4) is 0 Å².